The molecule has 0 bridgehead atoms. The zero-order chi connectivity index (χ0) is 16.4. The van der Waals surface area contributed by atoms with Crippen LogP contribution in [0.2, 0.25) is 0 Å². The summed E-state index contributed by atoms with van der Waals surface area (Å²) in [4.78, 5) is 26.0. The van der Waals surface area contributed by atoms with Gasteiger partial charge in [-0.05, 0) is 39.5 Å². The lowest BCUT2D eigenvalue weighted by Crippen LogP contribution is -2.37. The van der Waals surface area contributed by atoms with Crippen LogP contribution >= 0.6 is 0 Å². The Morgan fingerprint density at radius 2 is 1.81 bits per heavy atom. The number of hydrogen-bond acceptors (Lipinski definition) is 2. The average molecular weight is 298 g/mol. The van der Waals surface area contributed by atoms with Crippen LogP contribution in [-0.2, 0) is 9.59 Å². The van der Waals surface area contributed by atoms with E-state index in [9.17, 15) is 9.59 Å². The van der Waals surface area contributed by atoms with E-state index >= 15 is 0 Å². The maximum atomic E-state index is 11.5. The molecule has 0 radical (unpaired) electrons. The molecule has 4 heteroatoms. The Morgan fingerprint density at radius 3 is 2.24 bits per heavy atom. The minimum Gasteiger partial charge on any atom is -0.343 e. The summed E-state index contributed by atoms with van der Waals surface area (Å²) in [6.45, 7) is 11.0. The van der Waals surface area contributed by atoms with Crippen molar-refractivity contribution in [2.45, 2.75) is 85.2 Å². The van der Waals surface area contributed by atoms with Gasteiger partial charge in [0.25, 0.3) is 0 Å². The second-order valence-corrected chi connectivity index (χ2v) is 6.04. The largest absolute Gasteiger partial charge is 0.343 e. The molecule has 21 heavy (non-hydrogen) atoms. The van der Waals surface area contributed by atoms with Gasteiger partial charge in [0.1, 0.15) is 0 Å². The molecule has 2 amide bonds. The van der Waals surface area contributed by atoms with E-state index in [1.165, 1.54) is 12.8 Å². The van der Waals surface area contributed by atoms with Crippen LogP contribution in [0.4, 0.5) is 0 Å². The van der Waals surface area contributed by atoms with Crippen molar-refractivity contribution in [1.29, 1.82) is 0 Å². The Balaban J connectivity index is 0.000000400. The highest BCUT2D eigenvalue weighted by Gasteiger charge is 2.19. The molecular formula is C17H34N2O2. The molecule has 0 N–H and O–H groups in total. The third-order valence-electron chi connectivity index (χ3n) is 4.48. The first kappa shape index (κ1) is 19.9. The second kappa shape index (κ2) is 10.6. The maximum absolute atomic E-state index is 11.5. The third-order valence-corrected chi connectivity index (χ3v) is 4.48. The normalized spacial score (nSPS) is 18.2. The van der Waals surface area contributed by atoms with Crippen LogP contribution in [-0.4, -0.2) is 47.3 Å². The van der Waals surface area contributed by atoms with E-state index in [0.717, 1.165) is 32.2 Å². The highest BCUT2D eigenvalue weighted by molar-refractivity contribution is 5.76. The number of carbonyl (C=O) groups is 2. The van der Waals surface area contributed by atoms with Crippen molar-refractivity contribution in [3.8, 4) is 0 Å². The topological polar surface area (TPSA) is 40.6 Å². The van der Waals surface area contributed by atoms with E-state index < -0.39 is 0 Å². The van der Waals surface area contributed by atoms with E-state index in [-0.39, 0.29) is 5.91 Å². The number of amides is 2. The highest BCUT2D eigenvalue weighted by Crippen LogP contribution is 2.14. The van der Waals surface area contributed by atoms with E-state index in [0.29, 0.717) is 18.0 Å². The van der Waals surface area contributed by atoms with Crippen LogP contribution in [0.1, 0.15) is 73.1 Å². The molecule has 0 saturated carbocycles. The van der Waals surface area contributed by atoms with Gasteiger partial charge in [-0.2, -0.15) is 0 Å². The summed E-state index contributed by atoms with van der Waals surface area (Å²) in [6, 6.07) is 0.818. The molecular weight excluding hydrogens is 264 g/mol. The van der Waals surface area contributed by atoms with Gasteiger partial charge in [0.2, 0.25) is 11.8 Å². The van der Waals surface area contributed by atoms with Crippen LogP contribution in [0.25, 0.3) is 0 Å². The Kier molecular flexibility index (Phi) is 10.1. The van der Waals surface area contributed by atoms with E-state index in [2.05, 4.69) is 20.8 Å². The predicted octanol–water partition coefficient (Wildman–Crippen LogP) is 3.45. The zero-order valence-electron chi connectivity index (χ0n) is 14.8. The molecule has 1 fully saturated rings. The summed E-state index contributed by atoms with van der Waals surface area (Å²) in [5, 5.41) is 0. The van der Waals surface area contributed by atoms with Crippen LogP contribution in [0.3, 0.4) is 0 Å². The standard InChI is InChI=1S/C10H19NO.C7H15NO/c1-3-9(2)11-8-6-4-5-7-10(11)12;1-5-6(2)8(4)7(3)9/h9H,3-8H2,1-2H3;6H,5H2,1-4H3. The van der Waals surface area contributed by atoms with Crippen molar-refractivity contribution in [3.63, 3.8) is 0 Å². The molecule has 4 nitrogen and oxygen atoms in total. The molecule has 124 valence electrons. The molecule has 2 atom stereocenters. The molecule has 0 spiro atoms. The fraction of sp³-hybridized carbons (Fsp3) is 0.882. The van der Waals surface area contributed by atoms with Gasteiger partial charge in [0.05, 0.1) is 0 Å². The summed E-state index contributed by atoms with van der Waals surface area (Å²) in [7, 11) is 1.83. The van der Waals surface area contributed by atoms with Crippen LogP contribution in [0.15, 0.2) is 0 Å². The van der Waals surface area contributed by atoms with Gasteiger partial charge in [-0.1, -0.05) is 20.3 Å². The summed E-state index contributed by atoms with van der Waals surface area (Å²) in [5.74, 6) is 0.506. The fourth-order valence-electron chi connectivity index (χ4n) is 2.27. The number of nitrogens with zero attached hydrogens (tertiary/aromatic N) is 2. The molecule has 0 aromatic rings. The molecule has 1 saturated heterocycles. The maximum Gasteiger partial charge on any atom is 0.222 e. The molecule has 0 aromatic heterocycles. The van der Waals surface area contributed by atoms with E-state index in [1.807, 2.05) is 18.9 Å². The first-order chi connectivity index (χ1) is 9.84. The summed E-state index contributed by atoms with van der Waals surface area (Å²) in [5.41, 5.74) is 0. The third kappa shape index (κ3) is 7.49. The second-order valence-electron chi connectivity index (χ2n) is 6.04. The van der Waals surface area contributed by atoms with Gasteiger partial charge in [-0.25, -0.2) is 0 Å². The first-order valence-corrected chi connectivity index (χ1v) is 8.37. The molecule has 0 aliphatic carbocycles. The molecule has 1 rings (SSSR count). The van der Waals surface area contributed by atoms with Gasteiger partial charge >= 0.3 is 0 Å². The van der Waals surface area contributed by atoms with Gasteiger partial charge in [-0.3, -0.25) is 9.59 Å². The number of carbonyl (C=O) groups excluding carboxylic acids is 2. The van der Waals surface area contributed by atoms with Crippen molar-refractivity contribution in [2.24, 2.45) is 0 Å². The summed E-state index contributed by atoms with van der Waals surface area (Å²) >= 11 is 0. The Hall–Kier alpha value is -1.06. The summed E-state index contributed by atoms with van der Waals surface area (Å²) < 4.78 is 0. The van der Waals surface area contributed by atoms with Gasteiger partial charge in [0, 0.05) is 39.0 Å². The zero-order valence-corrected chi connectivity index (χ0v) is 14.8. The van der Waals surface area contributed by atoms with E-state index in [1.54, 1.807) is 11.8 Å². The van der Waals surface area contributed by atoms with Gasteiger partial charge < -0.3 is 9.80 Å². The SMILES string of the molecule is CCC(C)N(C)C(C)=O.CCC(C)N1CCCCCC1=O. The number of rotatable bonds is 4. The minimum absolute atomic E-state index is 0.143. The molecule has 1 heterocycles. The lowest BCUT2D eigenvalue weighted by Gasteiger charge is -2.26. The van der Waals surface area contributed by atoms with Crippen LogP contribution in [0.5, 0.6) is 0 Å². The van der Waals surface area contributed by atoms with Gasteiger partial charge in [-0.15, -0.1) is 0 Å². The smallest absolute Gasteiger partial charge is 0.222 e. The monoisotopic (exact) mass is 298 g/mol. The van der Waals surface area contributed by atoms with Crippen molar-refractivity contribution < 1.29 is 9.59 Å². The van der Waals surface area contributed by atoms with Crippen molar-refractivity contribution in [3.05, 3.63) is 0 Å². The Bertz CT molecular complexity index is 318. The van der Waals surface area contributed by atoms with Crippen molar-refractivity contribution >= 4 is 11.8 Å². The molecule has 1 aliphatic heterocycles. The minimum atomic E-state index is 0.143. The summed E-state index contributed by atoms with van der Waals surface area (Å²) in [6.07, 6.45) is 6.37. The number of hydrogen-bond donors (Lipinski definition) is 0. The van der Waals surface area contributed by atoms with Gasteiger partial charge in [0.15, 0.2) is 0 Å². The lowest BCUT2D eigenvalue weighted by atomic mass is 10.2. The number of likely N-dealkylation sites (tertiary alicyclic amines) is 1. The molecule has 2 unspecified atom stereocenters. The van der Waals surface area contributed by atoms with Crippen LogP contribution in [0, 0.1) is 0 Å². The highest BCUT2D eigenvalue weighted by atomic mass is 16.2. The quantitative estimate of drug-likeness (QED) is 0.797. The Morgan fingerprint density at radius 1 is 1.19 bits per heavy atom. The first-order valence-electron chi connectivity index (χ1n) is 8.37. The van der Waals surface area contributed by atoms with E-state index in [4.69, 9.17) is 0 Å². The fourth-order valence-corrected chi connectivity index (χ4v) is 2.27. The molecule has 1 aliphatic rings. The van der Waals surface area contributed by atoms with Crippen molar-refractivity contribution in [1.82, 2.24) is 9.80 Å². The Labute approximate surface area is 130 Å². The van der Waals surface area contributed by atoms with Crippen LogP contribution < -0.4 is 0 Å². The average Bonchev–Trinajstić information content (AvgIpc) is 2.69. The molecule has 0 aromatic carbocycles. The predicted molar refractivity (Wildman–Crippen MR) is 88.1 cm³/mol. The van der Waals surface area contributed by atoms with Crippen molar-refractivity contribution in [2.75, 3.05) is 13.6 Å². The lowest BCUT2D eigenvalue weighted by molar-refractivity contribution is -0.132.